The van der Waals surface area contributed by atoms with Crippen molar-refractivity contribution in [1.82, 2.24) is 9.55 Å². The minimum Gasteiger partial charge on any atom is -0.464 e. The second kappa shape index (κ2) is 10.0. The van der Waals surface area contributed by atoms with Gasteiger partial charge in [-0.05, 0) is 23.8 Å². The number of esters is 1. The molecule has 0 aliphatic rings. The molecule has 0 unspecified atom stereocenters. The highest BCUT2D eigenvalue weighted by molar-refractivity contribution is 6.14. The first-order chi connectivity index (χ1) is 16.1. The molecule has 1 amide bonds. The number of fused-ring (bicyclic) bond motifs is 1. The smallest absolute Gasteiger partial charge is 0.356 e. The number of methoxy groups -OCH3 is 2. The number of ether oxygens (including phenoxy) is 2. The van der Waals surface area contributed by atoms with E-state index in [1.165, 1.54) is 13.4 Å². The van der Waals surface area contributed by atoms with Crippen molar-refractivity contribution in [2.24, 2.45) is 0 Å². The van der Waals surface area contributed by atoms with Gasteiger partial charge in [0.15, 0.2) is 11.5 Å². The third kappa shape index (κ3) is 4.73. The van der Waals surface area contributed by atoms with Crippen LogP contribution in [0.25, 0.3) is 11.0 Å². The Labute approximate surface area is 190 Å². The lowest BCUT2D eigenvalue weighted by atomic mass is 10.2. The summed E-state index contributed by atoms with van der Waals surface area (Å²) in [4.78, 5) is 30.1. The minimum atomic E-state index is -0.599. The van der Waals surface area contributed by atoms with Crippen LogP contribution in [0, 0.1) is 0 Å². The Morgan fingerprint density at radius 2 is 1.94 bits per heavy atom. The van der Waals surface area contributed by atoms with Crippen LogP contribution in [0.2, 0.25) is 0 Å². The summed E-state index contributed by atoms with van der Waals surface area (Å²) in [7, 11) is 2.86. The van der Waals surface area contributed by atoms with Crippen LogP contribution < -0.4 is 10.6 Å². The summed E-state index contributed by atoms with van der Waals surface area (Å²) in [5.74, 6) is -0.967. The molecule has 0 bridgehead atoms. The number of benzene rings is 1. The van der Waals surface area contributed by atoms with Crippen LogP contribution in [0.5, 0.6) is 0 Å². The van der Waals surface area contributed by atoms with E-state index in [2.05, 4.69) is 15.6 Å². The zero-order valence-corrected chi connectivity index (χ0v) is 18.3. The van der Waals surface area contributed by atoms with E-state index in [4.69, 9.17) is 13.9 Å². The molecule has 0 radical (unpaired) electrons. The molecule has 3 aromatic heterocycles. The Morgan fingerprint density at radius 1 is 1.12 bits per heavy atom. The van der Waals surface area contributed by atoms with Gasteiger partial charge in [-0.2, -0.15) is 0 Å². The Balaban J connectivity index is 1.78. The molecule has 0 saturated heterocycles. The van der Waals surface area contributed by atoms with Crippen LogP contribution in [-0.2, 0) is 22.6 Å². The first kappa shape index (κ1) is 22.1. The number of anilines is 2. The first-order valence-corrected chi connectivity index (χ1v) is 10.3. The molecule has 0 fully saturated rings. The second-order valence-corrected chi connectivity index (χ2v) is 7.23. The van der Waals surface area contributed by atoms with Crippen LogP contribution in [0.1, 0.15) is 26.6 Å². The van der Waals surface area contributed by atoms with E-state index in [-0.39, 0.29) is 11.5 Å². The van der Waals surface area contributed by atoms with Crippen molar-refractivity contribution < 1.29 is 23.5 Å². The molecule has 9 nitrogen and oxygen atoms in total. The van der Waals surface area contributed by atoms with Crippen LogP contribution >= 0.6 is 0 Å². The van der Waals surface area contributed by atoms with Gasteiger partial charge in [-0.25, -0.2) is 9.78 Å². The van der Waals surface area contributed by atoms with E-state index in [9.17, 15) is 9.59 Å². The first-order valence-electron chi connectivity index (χ1n) is 10.3. The summed E-state index contributed by atoms with van der Waals surface area (Å²) in [5, 5.41) is 6.73. The van der Waals surface area contributed by atoms with Crippen molar-refractivity contribution in [2.45, 2.75) is 13.1 Å². The van der Waals surface area contributed by atoms with Crippen molar-refractivity contribution in [1.29, 1.82) is 0 Å². The van der Waals surface area contributed by atoms with Gasteiger partial charge in [0.2, 0.25) is 0 Å². The van der Waals surface area contributed by atoms with Gasteiger partial charge in [0, 0.05) is 25.6 Å². The van der Waals surface area contributed by atoms with Crippen molar-refractivity contribution in [3.63, 3.8) is 0 Å². The number of hydrogen-bond acceptors (Lipinski definition) is 7. The maximum Gasteiger partial charge on any atom is 0.356 e. The predicted octanol–water partition coefficient (Wildman–Crippen LogP) is 3.93. The lowest BCUT2D eigenvalue weighted by molar-refractivity contribution is 0.0588. The summed E-state index contributed by atoms with van der Waals surface area (Å²) in [5.41, 5.74) is 2.84. The molecule has 4 rings (SSSR count). The third-order valence-corrected chi connectivity index (χ3v) is 5.12. The molecule has 0 aliphatic carbocycles. The van der Waals surface area contributed by atoms with Crippen molar-refractivity contribution in [2.75, 3.05) is 31.5 Å². The topological polar surface area (TPSA) is 108 Å². The molecule has 0 spiro atoms. The van der Waals surface area contributed by atoms with Crippen molar-refractivity contribution >= 4 is 34.3 Å². The normalized spacial score (nSPS) is 10.8. The maximum absolute atomic E-state index is 12.8. The highest BCUT2D eigenvalue weighted by Gasteiger charge is 2.27. The van der Waals surface area contributed by atoms with Crippen LogP contribution in [0.4, 0.5) is 11.4 Å². The molecule has 170 valence electrons. The number of aromatic nitrogens is 2. The van der Waals surface area contributed by atoms with Gasteiger partial charge in [-0.3, -0.25) is 4.79 Å². The number of pyridine rings is 1. The number of nitrogens with one attached hydrogen (secondary N) is 2. The summed E-state index contributed by atoms with van der Waals surface area (Å²) in [6.07, 6.45) is 3.10. The number of rotatable bonds is 9. The van der Waals surface area contributed by atoms with E-state index in [0.717, 1.165) is 11.3 Å². The average molecular weight is 448 g/mol. The second-order valence-electron chi connectivity index (χ2n) is 7.23. The molecule has 0 saturated carbocycles. The van der Waals surface area contributed by atoms with E-state index in [1.54, 1.807) is 30.0 Å². The van der Waals surface area contributed by atoms with Crippen molar-refractivity contribution in [3.05, 3.63) is 78.0 Å². The maximum atomic E-state index is 12.8. The van der Waals surface area contributed by atoms with Gasteiger partial charge in [0.25, 0.3) is 5.91 Å². The van der Waals surface area contributed by atoms with E-state index < -0.39 is 11.9 Å². The largest absolute Gasteiger partial charge is 0.464 e. The van der Waals surface area contributed by atoms with E-state index in [0.29, 0.717) is 36.4 Å². The Kier molecular flexibility index (Phi) is 6.70. The average Bonchev–Trinajstić information content (AvgIpc) is 3.49. The summed E-state index contributed by atoms with van der Waals surface area (Å²) >= 11 is 0. The van der Waals surface area contributed by atoms with Crippen LogP contribution in [0.3, 0.4) is 0 Å². The van der Waals surface area contributed by atoms with E-state index >= 15 is 0 Å². The molecule has 0 aliphatic heterocycles. The summed E-state index contributed by atoms with van der Waals surface area (Å²) in [6, 6.07) is 14.9. The Hall–Kier alpha value is -4.11. The Bertz CT molecular complexity index is 1250. The molecular weight excluding hydrogens is 424 g/mol. The quantitative estimate of drug-likeness (QED) is 0.374. The summed E-state index contributed by atoms with van der Waals surface area (Å²) < 4.78 is 17.1. The Morgan fingerprint density at radius 3 is 2.64 bits per heavy atom. The number of nitrogens with zero attached hydrogens (tertiary/aromatic N) is 2. The number of furan rings is 1. The number of hydrogen-bond donors (Lipinski definition) is 2. The van der Waals surface area contributed by atoms with Crippen molar-refractivity contribution in [3.8, 4) is 0 Å². The molecule has 4 aromatic rings. The van der Waals surface area contributed by atoms with Gasteiger partial charge in [-0.1, -0.05) is 30.3 Å². The summed E-state index contributed by atoms with van der Waals surface area (Å²) in [6.45, 7) is 1.28. The van der Waals surface area contributed by atoms with Crippen LogP contribution in [0.15, 0.2) is 65.4 Å². The number of carbonyl (C=O) groups excluding carboxylic acids is 2. The zero-order valence-electron chi connectivity index (χ0n) is 18.3. The molecular formula is C24H24N4O5. The third-order valence-electron chi connectivity index (χ3n) is 5.12. The van der Waals surface area contributed by atoms with Crippen LogP contribution in [-0.4, -0.2) is 42.3 Å². The van der Waals surface area contributed by atoms with E-state index in [1.807, 2.05) is 36.4 Å². The highest BCUT2D eigenvalue weighted by Crippen LogP contribution is 2.33. The fourth-order valence-electron chi connectivity index (χ4n) is 3.54. The molecule has 33 heavy (non-hydrogen) atoms. The minimum absolute atomic E-state index is 0.120. The lowest BCUT2D eigenvalue weighted by Gasteiger charge is -2.10. The predicted molar refractivity (Wildman–Crippen MR) is 123 cm³/mol. The van der Waals surface area contributed by atoms with Gasteiger partial charge in [0.05, 0.1) is 37.6 Å². The monoisotopic (exact) mass is 448 g/mol. The molecule has 0 atom stereocenters. The van der Waals surface area contributed by atoms with Gasteiger partial charge >= 0.3 is 5.97 Å². The molecule has 9 heteroatoms. The molecule has 3 heterocycles. The SMILES string of the molecule is COCCn1c(C(=O)OC)c(NC(=O)c2ccco2)c2cc(NCc3ccccc3)cnc21. The standard InChI is InChI=1S/C24H24N4O5/c1-31-12-10-28-21(24(30)32-2)20(27-23(29)19-9-6-11-33-19)18-13-17(15-26-22(18)28)25-14-16-7-4-3-5-8-16/h3-9,11,13,15,25H,10,12,14H2,1-2H3,(H,27,29). The zero-order chi connectivity index (χ0) is 23.2. The highest BCUT2D eigenvalue weighted by atomic mass is 16.5. The number of carbonyl (C=O) groups is 2. The van der Waals surface area contributed by atoms with Gasteiger partial charge < -0.3 is 29.1 Å². The fraction of sp³-hybridized carbons (Fsp3) is 0.208. The molecule has 1 aromatic carbocycles. The van der Waals surface area contributed by atoms with Gasteiger partial charge in [0.1, 0.15) is 5.65 Å². The fourth-order valence-corrected chi connectivity index (χ4v) is 3.54. The lowest BCUT2D eigenvalue weighted by Crippen LogP contribution is -2.18. The number of amides is 1. The molecule has 2 N–H and O–H groups in total. The van der Waals surface area contributed by atoms with Gasteiger partial charge in [-0.15, -0.1) is 0 Å².